The van der Waals surface area contributed by atoms with E-state index in [0.717, 1.165) is 29.3 Å². The molecule has 2 aromatic rings. The van der Waals surface area contributed by atoms with Crippen LogP contribution in [-0.4, -0.2) is 26.4 Å². The van der Waals surface area contributed by atoms with E-state index in [2.05, 4.69) is 28.1 Å². The van der Waals surface area contributed by atoms with Crippen LogP contribution in [0.2, 0.25) is 5.15 Å². The van der Waals surface area contributed by atoms with Crippen molar-refractivity contribution in [3.63, 3.8) is 0 Å². The minimum absolute atomic E-state index is 0.320. The molecule has 0 unspecified atom stereocenters. The van der Waals surface area contributed by atoms with Crippen molar-refractivity contribution in [2.75, 3.05) is 0 Å². The zero-order chi connectivity index (χ0) is 26.7. The van der Waals surface area contributed by atoms with Crippen molar-refractivity contribution < 1.29 is 17.6 Å². The Morgan fingerprint density at radius 2 is 1.94 bits per heavy atom. The summed E-state index contributed by atoms with van der Waals surface area (Å²) in [4.78, 5) is 12.3. The van der Waals surface area contributed by atoms with Crippen LogP contribution in [-0.2, 0) is 6.54 Å². The van der Waals surface area contributed by atoms with Crippen LogP contribution in [0.5, 0.6) is 0 Å². The molecular weight excluding hydrogens is 492 g/mol. The van der Waals surface area contributed by atoms with E-state index in [4.69, 9.17) is 11.6 Å². The minimum atomic E-state index is -4.26. The molecule has 0 N–H and O–H groups in total. The lowest BCUT2D eigenvalue weighted by Crippen LogP contribution is -2.05. The average Bonchev–Trinajstić information content (AvgIpc) is 3.14. The summed E-state index contributed by atoms with van der Waals surface area (Å²) in [6, 6.07) is 2.88. The molecule has 0 saturated heterocycles. The molecule has 0 fully saturated rings. The molecule has 2 aromatic heterocycles. The van der Waals surface area contributed by atoms with Gasteiger partial charge < -0.3 is 4.57 Å². The normalized spacial score (nSPS) is 13.5. The van der Waals surface area contributed by atoms with E-state index >= 15 is 0 Å². The van der Waals surface area contributed by atoms with Crippen LogP contribution in [0.1, 0.15) is 45.2 Å². The van der Waals surface area contributed by atoms with Gasteiger partial charge in [-0.2, -0.15) is 17.6 Å². The summed E-state index contributed by atoms with van der Waals surface area (Å²) in [6.45, 7) is 12.0. The molecule has 2 heterocycles. The molecule has 4 nitrogen and oxygen atoms in total. The van der Waals surface area contributed by atoms with E-state index < -0.39 is 18.5 Å². The summed E-state index contributed by atoms with van der Waals surface area (Å²) in [5.41, 5.74) is 3.61. The topological polar surface area (TPSA) is 43.1 Å². The fraction of sp³-hybridized carbons (Fsp3) is 0.296. The number of imidazole rings is 1. The second-order valence-electron chi connectivity index (χ2n) is 7.92. The van der Waals surface area contributed by atoms with Crippen LogP contribution in [0.25, 0.3) is 17.0 Å². The van der Waals surface area contributed by atoms with Crippen LogP contribution in [0.3, 0.4) is 0 Å². The van der Waals surface area contributed by atoms with E-state index in [1.807, 2.05) is 30.6 Å². The molecule has 9 heteroatoms. The summed E-state index contributed by atoms with van der Waals surface area (Å²) >= 11 is 6.51. The summed E-state index contributed by atoms with van der Waals surface area (Å²) in [6.07, 6.45) is 7.09. The zero-order valence-corrected chi connectivity index (χ0v) is 21.1. The molecule has 0 aliphatic rings. The van der Waals surface area contributed by atoms with E-state index in [9.17, 15) is 17.6 Å². The zero-order valence-electron chi connectivity index (χ0n) is 20.3. The maximum Gasteiger partial charge on any atom is 0.392 e. The van der Waals surface area contributed by atoms with E-state index in [1.165, 1.54) is 24.5 Å². The maximum absolute atomic E-state index is 13.3. The Bertz CT molecular complexity index is 1170. The smallest absolute Gasteiger partial charge is 0.323 e. The first-order valence-electron chi connectivity index (χ1n) is 11.4. The average molecular weight is 521 g/mol. The lowest BCUT2D eigenvalue weighted by molar-refractivity contribution is -0.125. The Hall–Kier alpha value is -3.26. The van der Waals surface area contributed by atoms with Crippen LogP contribution in [0, 0.1) is 5.95 Å². The van der Waals surface area contributed by atoms with Crippen LogP contribution < -0.4 is 0 Å². The highest BCUT2D eigenvalue weighted by atomic mass is 35.5. The van der Waals surface area contributed by atoms with Crippen molar-refractivity contribution >= 4 is 22.9 Å². The highest BCUT2D eigenvalue weighted by molar-refractivity contribution is 6.31. The third-order valence-corrected chi connectivity index (χ3v) is 5.39. The summed E-state index contributed by atoms with van der Waals surface area (Å²) in [5.74, 6) is 0.0231. The molecule has 2 rings (SSSR count). The third-order valence-electron chi connectivity index (χ3n) is 5.13. The molecule has 192 valence electrons. The molecule has 0 aliphatic heterocycles. The lowest BCUT2D eigenvalue weighted by atomic mass is 10.1. The SMILES string of the molecule is C=CN=C(/C=C\CC(F)(F)F)CC/C(C=C)=C/C=C(\C)c1c(Cl)nc(-c2ccc(F)nc2)n1CCC. The van der Waals surface area contributed by atoms with Crippen LogP contribution in [0.15, 0.2) is 78.6 Å². The van der Waals surface area contributed by atoms with Gasteiger partial charge in [0.2, 0.25) is 5.95 Å². The number of nitrogens with zero attached hydrogens (tertiary/aromatic N) is 4. The highest BCUT2D eigenvalue weighted by Gasteiger charge is 2.24. The van der Waals surface area contributed by atoms with Crippen LogP contribution >= 0.6 is 11.6 Å². The molecule has 0 amide bonds. The van der Waals surface area contributed by atoms with Gasteiger partial charge in [-0.3, -0.25) is 4.99 Å². The molecule has 0 saturated carbocycles. The first-order chi connectivity index (χ1) is 17.1. The molecule has 36 heavy (non-hydrogen) atoms. The van der Waals surface area contributed by atoms with E-state index in [0.29, 0.717) is 41.6 Å². The Morgan fingerprint density at radius 1 is 1.19 bits per heavy atom. The Balaban J connectivity index is 2.28. The number of rotatable bonds is 12. The fourth-order valence-corrected chi connectivity index (χ4v) is 3.77. The van der Waals surface area contributed by atoms with Gasteiger partial charge in [0.1, 0.15) is 5.82 Å². The molecule has 0 radical (unpaired) electrons. The largest absolute Gasteiger partial charge is 0.392 e. The first kappa shape index (κ1) is 29.0. The van der Waals surface area contributed by atoms with E-state index in [1.54, 1.807) is 12.1 Å². The van der Waals surface area contributed by atoms with Crippen molar-refractivity contribution in [3.8, 4) is 11.4 Å². The monoisotopic (exact) mass is 520 g/mol. The molecule has 0 spiro atoms. The summed E-state index contributed by atoms with van der Waals surface area (Å²) in [5, 5.41) is 0.320. The Morgan fingerprint density at radius 3 is 2.53 bits per heavy atom. The second kappa shape index (κ2) is 13.7. The Kier molecular flexibility index (Phi) is 11.0. The summed E-state index contributed by atoms with van der Waals surface area (Å²) < 4.78 is 52.5. The van der Waals surface area contributed by atoms with Gasteiger partial charge in [-0.15, -0.1) is 0 Å². The second-order valence-corrected chi connectivity index (χ2v) is 8.27. The van der Waals surface area contributed by atoms with Gasteiger partial charge in [0.15, 0.2) is 5.15 Å². The number of alkyl halides is 3. The molecular formula is C27H29ClF4N4. The van der Waals surface area contributed by atoms with Crippen molar-refractivity contribution in [2.45, 2.75) is 52.3 Å². The Labute approximate surface area is 214 Å². The highest BCUT2D eigenvalue weighted by Crippen LogP contribution is 2.31. The first-order valence-corrected chi connectivity index (χ1v) is 11.8. The maximum atomic E-state index is 13.3. The molecule has 0 aromatic carbocycles. The number of hydrogen-bond donors (Lipinski definition) is 0. The quantitative estimate of drug-likeness (QED) is 0.122. The van der Waals surface area contributed by atoms with Crippen molar-refractivity contribution in [1.82, 2.24) is 14.5 Å². The van der Waals surface area contributed by atoms with Gasteiger partial charge in [0, 0.05) is 30.2 Å². The molecule has 0 atom stereocenters. The third kappa shape index (κ3) is 8.75. The number of hydrogen-bond acceptors (Lipinski definition) is 3. The van der Waals surface area contributed by atoms with Crippen molar-refractivity contribution in [3.05, 3.63) is 90.4 Å². The van der Waals surface area contributed by atoms with Gasteiger partial charge >= 0.3 is 6.18 Å². The van der Waals surface area contributed by atoms with Gasteiger partial charge in [0.05, 0.1) is 12.1 Å². The van der Waals surface area contributed by atoms with Gasteiger partial charge in [-0.05, 0) is 55.5 Å². The summed E-state index contributed by atoms with van der Waals surface area (Å²) in [7, 11) is 0. The number of allylic oxidation sites excluding steroid dienone is 7. The van der Waals surface area contributed by atoms with Gasteiger partial charge in [-0.1, -0.05) is 56.0 Å². The fourth-order valence-electron chi connectivity index (χ4n) is 3.44. The number of aliphatic imine (C=N–C) groups is 1. The molecule has 0 bridgehead atoms. The van der Waals surface area contributed by atoms with Crippen molar-refractivity contribution in [1.29, 1.82) is 0 Å². The number of pyridine rings is 1. The van der Waals surface area contributed by atoms with E-state index in [-0.39, 0.29) is 0 Å². The molecule has 0 aliphatic carbocycles. The van der Waals surface area contributed by atoms with Crippen molar-refractivity contribution in [2.24, 2.45) is 4.99 Å². The predicted molar refractivity (Wildman–Crippen MR) is 139 cm³/mol. The minimum Gasteiger partial charge on any atom is -0.323 e. The predicted octanol–water partition coefficient (Wildman–Crippen LogP) is 8.54. The van der Waals surface area contributed by atoms with Gasteiger partial charge in [-0.25, -0.2) is 9.97 Å². The number of aromatic nitrogens is 3. The lowest BCUT2D eigenvalue weighted by Gasteiger charge is -2.11. The standard InChI is InChI=1S/C27H29ClF4N4/c1-5-17-36-24(25(28)35-26(36)21-13-15-23(29)34-18-21)19(4)10-11-20(6-2)12-14-22(33-7-3)9-8-16-27(30,31)32/h6-11,13,15,18H,2-3,5,12,14,16-17H2,1,4H3/b9-8-,19-10+,20-11+,33-22?. The van der Waals surface area contributed by atoms with Crippen LogP contribution in [0.4, 0.5) is 17.6 Å². The number of halogens is 5. The van der Waals surface area contributed by atoms with Gasteiger partial charge in [0.25, 0.3) is 0 Å².